The van der Waals surface area contributed by atoms with Gasteiger partial charge in [0.15, 0.2) is 5.03 Å². The lowest BCUT2D eigenvalue weighted by molar-refractivity contribution is 0.314. The van der Waals surface area contributed by atoms with E-state index in [0.717, 1.165) is 5.56 Å². The molecule has 2 N–H and O–H groups in total. The summed E-state index contributed by atoms with van der Waals surface area (Å²) in [5, 5.41) is 3.04. The number of hydrogen-bond acceptors (Lipinski definition) is 5. The molecule has 108 valence electrons. The number of likely N-dealkylation sites (N-methyl/N-ethyl adjacent to an activating group) is 1. The molecule has 1 rings (SSSR count). The second kappa shape index (κ2) is 6.95. The molecule has 6 nitrogen and oxygen atoms in total. The quantitative estimate of drug-likeness (QED) is 0.740. The lowest BCUT2D eigenvalue weighted by Gasteiger charge is -2.19. The Balaban J connectivity index is 2.71. The predicted octanol–water partition coefficient (Wildman–Crippen LogP) is 0.0294. The summed E-state index contributed by atoms with van der Waals surface area (Å²) in [5.41, 5.74) is 0.947. The Morgan fingerprint density at radius 2 is 2.05 bits per heavy atom. The first-order chi connectivity index (χ1) is 8.86. The van der Waals surface area contributed by atoms with Crippen LogP contribution in [0.3, 0.4) is 0 Å². The van der Waals surface area contributed by atoms with Gasteiger partial charge in [-0.25, -0.2) is 18.1 Å². The highest BCUT2D eigenvalue weighted by Gasteiger charge is 2.17. The Morgan fingerprint density at radius 1 is 1.37 bits per heavy atom. The van der Waals surface area contributed by atoms with Crippen LogP contribution in [0.25, 0.3) is 0 Å². The van der Waals surface area contributed by atoms with Crippen molar-refractivity contribution in [2.75, 3.05) is 27.7 Å². The molecule has 0 saturated heterocycles. The number of nitrogens with one attached hydrogen (secondary N) is 2. The van der Waals surface area contributed by atoms with Crippen molar-refractivity contribution in [1.82, 2.24) is 19.9 Å². The number of pyridine rings is 1. The van der Waals surface area contributed by atoms with E-state index in [0.29, 0.717) is 13.1 Å². The van der Waals surface area contributed by atoms with Crippen LogP contribution in [0.1, 0.15) is 12.5 Å². The molecule has 0 aliphatic rings. The first-order valence-electron chi connectivity index (χ1n) is 6.12. The summed E-state index contributed by atoms with van der Waals surface area (Å²) in [6.45, 7) is 2.97. The highest BCUT2D eigenvalue weighted by molar-refractivity contribution is 7.89. The lowest BCUT2D eigenvalue weighted by atomic mass is 10.3. The van der Waals surface area contributed by atoms with Crippen molar-refractivity contribution in [3.63, 3.8) is 0 Å². The van der Waals surface area contributed by atoms with Gasteiger partial charge in [0.2, 0.25) is 0 Å². The molecule has 0 aliphatic heterocycles. The number of sulfonamides is 1. The van der Waals surface area contributed by atoms with E-state index in [1.165, 1.54) is 6.07 Å². The third-order valence-corrected chi connectivity index (χ3v) is 4.24. The van der Waals surface area contributed by atoms with Crippen molar-refractivity contribution < 1.29 is 8.42 Å². The largest absolute Gasteiger partial charge is 0.316 e. The Morgan fingerprint density at radius 3 is 2.53 bits per heavy atom. The van der Waals surface area contributed by atoms with Gasteiger partial charge in [0.05, 0.1) is 0 Å². The molecule has 19 heavy (non-hydrogen) atoms. The molecule has 0 radical (unpaired) electrons. The molecule has 0 fully saturated rings. The second-order valence-corrected chi connectivity index (χ2v) is 6.41. The zero-order chi connectivity index (χ0) is 14.5. The molecule has 1 aromatic heterocycles. The summed E-state index contributed by atoms with van der Waals surface area (Å²) < 4.78 is 26.6. The summed E-state index contributed by atoms with van der Waals surface area (Å²) in [5.74, 6) is 0. The normalized spacial score (nSPS) is 13.7. The van der Waals surface area contributed by atoms with Crippen molar-refractivity contribution >= 4 is 10.0 Å². The summed E-state index contributed by atoms with van der Waals surface area (Å²) in [4.78, 5) is 5.94. The minimum Gasteiger partial charge on any atom is -0.316 e. The average Bonchev–Trinajstić information content (AvgIpc) is 2.37. The molecule has 0 saturated carbocycles. The maximum Gasteiger partial charge on any atom is 0.258 e. The van der Waals surface area contributed by atoms with Crippen LogP contribution >= 0.6 is 0 Å². The van der Waals surface area contributed by atoms with E-state index in [2.05, 4.69) is 15.0 Å². The first kappa shape index (κ1) is 16.0. The Labute approximate surface area is 115 Å². The fourth-order valence-electron chi connectivity index (χ4n) is 1.37. The smallest absolute Gasteiger partial charge is 0.258 e. The van der Waals surface area contributed by atoms with E-state index in [1.54, 1.807) is 12.3 Å². The number of aromatic nitrogens is 1. The van der Waals surface area contributed by atoms with Gasteiger partial charge in [-0.2, -0.15) is 0 Å². The molecule has 0 spiro atoms. The molecular weight excluding hydrogens is 264 g/mol. The highest BCUT2D eigenvalue weighted by Crippen LogP contribution is 2.06. The molecule has 0 bridgehead atoms. The van der Waals surface area contributed by atoms with Gasteiger partial charge in [0.25, 0.3) is 10.0 Å². The number of nitrogens with zero attached hydrogens (tertiary/aromatic N) is 2. The van der Waals surface area contributed by atoms with Crippen molar-refractivity contribution in [2.24, 2.45) is 0 Å². The van der Waals surface area contributed by atoms with Crippen molar-refractivity contribution in [2.45, 2.75) is 24.5 Å². The van der Waals surface area contributed by atoms with Gasteiger partial charge in [-0.3, -0.25) is 0 Å². The van der Waals surface area contributed by atoms with Gasteiger partial charge < -0.3 is 10.2 Å². The van der Waals surface area contributed by atoms with E-state index >= 15 is 0 Å². The molecule has 0 aliphatic carbocycles. The topological polar surface area (TPSA) is 74.3 Å². The predicted molar refractivity (Wildman–Crippen MR) is 75.3 cm³/mol. The zero-order valence-electron chi connectivity index (χ0n) is 11.8. The third-order valence-electron chi connectivity index (χ3n) is 2.90. The standard InChI is InChI=1S/C12H22N4O2S/c1-10(16(3)4)7-15-19(17,18)12-6-5-11(8-13-2)9-14-12/h5-6,9-10,13,15H,7-8H2,1-4H3. The first-order valence-corrected chi connectivity index (χ1v) is 7.60. The fraction of sp³-hybridized carbons (Fsp3) is 0.583. The molecule has 1 atom stereocenters. The number of hydrogen-bond donors (Lipinski definition) is 2. The van der Waals surface area contributed by atoms with Crippen LogP contribution in [-0.4, -0.2) is 52.0 Å². The summed E-state index contributed by atoms with van der Waals surface area (Å²) >= 11 is 0. The minimum absolute atomic E-state index is 0.0540. The summed E-state index contributed by atoms with van der Waals surface area (Å²) in [7, 11) is 2.11. The maximum atomic E-state index is 12.0. The van der Waals surface area contributed by atoms with Crippen LogP contribution in [-0.2, 0) is 16.6 Å². The SMILES string of the molecule is CNCc1ccc(S(=O)(=O)NCC(C)N(C)C)nc1. The fourth-order valence-corrected chi connectivity index (χ4v) is 2.41. The van der Waals surface area contributed by atoms with Gasteiger partial charge in [0, 0.05) is 25.3 Å². The summed E-state index contributed by atoms with van der Waals surface area (Å²) in [6, 6.07) is 3.40. The second-order valence-electron chi connectivity index (χ2n) is 4.70. The van der Waals surface area contributed by atoms with Gasteiger partial charge in [-0.05, 0) is 39.7 Å². The van der Waals surface area contributed by atoms with Crippen LogP contribution in [0.5, 0.6) is 0 Å². The van der Waals surface area contributed by atoms with Gasteiger partial charge in [-0.1, -0.05) is 6.07 Å². The maximum absolute atomic E-state index is 12.0. The van der Waals surface area contributed by atoms with Crippen LogP contribution in [0.15, 0.2) is 23.4 Å². The monoisotopic (exact) mass is 286 g/mol. The molecule has 0 aromatic carbocycles. The van der Waals surface area contributed by atoms with Gasteiger partial charge in [0.1, 0.15) is 0 Å². The van der Waals surface area contributed by atoms with Crippen molar-refractivity contribution in [1.29, 1.82) is 0 Å². The Hall–Kier alpha value is -1.02. The van der Waals surface area contributed by atoms with Crippen LogP contribution < -0.4 is 10.0 Å². The molecule has 7 heteroatoms. The van der Waals surface area contributed by atoms with E-state index in [9.17, 15) is 8.42 Å². The van der Waals surface area contributed by atoms with E-state index in [4.69, 9.17) is 0 Å². The Bertz CT molecular complexity index is 485. The van der Waals surface area contributed by atoms with Crippen LogP contribution in [0.4, 0.5) is 0 Å². The van der Waals surface area contributed by atoms with Crippen LogP contribution in [0, 0.1) is 0 Å². The van der Waals surface area contributed by atoms with Crippen molar-refractivity contribution in [3.8, 4) is 0 Å². The highest BCUT2D eigenvalue weighted by atomic mass is 32.2. The number of rotatable bonds is 7. The molecule has 1 heterocycles. The Kier molecular flexibility index (Phi) is 5.86. The lowest BCUT2D eigenvalue weighted by Crippen LogP contribution is -2.38. The molecule has 0 amide bonds. The zero-order valence-corrected chi connectivity index (χ0v) is 12.7. The van der Waals surface area contributed by atoms with E-state index in [1.807, 2.05) is 33.0 Å². The molecule has 1 aromatic rings. The molecular formula is C12H22N4O2S. The third kappa shape index (κ3) is 4.87. The van der Waals surface area contributed by atoms with E-state index < -0.39 is 10.0 Å². The average molecular weight is 286 g/mol. The summed E-state index contributed by atoms with van der Waals surface area (Å²) in [6.07, 6.45) is 1.57. The van der Waals surface area contributed by atoms with Gasteiger partial charge in [-0.15, -0.1) is 0 Å². The van der Waals surface area contributed by atoms with E-state index in [-0.39, 0.29) is 11.1 Å². The molecule has 1 unspecified atom stereocenters. The minimum atomic E-state index is -3.53. The van der Waals surface area contributed by atoms with Crippen molar-refractivity contribution in [3.05, 3.63) is 23.9 Å². The van der Waals surface area contributed by atoms with Crippen LogP contribution in [0.2, 0.25) is 0 Å². The van der Waals surface area contributed by atoms with Gasteiger partial charge >= 0.3 is 0 Å².